The van der Waals surface area contributed by atoms with Gasteiger partial charge in [-0.3, -0.25) is 0 Å². The predicted molar refractivity (Wildman–Crippen MR) is 84.8 cm³/mol. The van der Waals surface area contributed by atoms with Gasteiger partial charge < -0.3 is 14.9 Å². The summed E-state index contributed by atoms with van der Waals surface area (Å²) in [7, 11) is -2.65. The predicted octanol–water partition coefficient (Wildman–Crippen LogP) is 2.37. The third-order valence-electron chi connectivity index (χ3n) is 2.91. The van der Waals surface area contributed by atoms with Gasteiger partial charge >= 0.3 is 5.97 Å². The fraction of sp³-hybridized carbons (Fsp3) is 0.0667. The van der Waals surface area contributed by atoms with Crippen LogP contribution in [0.15, 0.2) is 42.5 Å². The lowest BCUT2D eigenvalue weighted by molar-refractivity contribution is 0.0693. The number of hydrogen-bond acceptors (Lipinski definition) is 5. The van der Waals surface area contributed by atoms with Gasteiger partial charge in [0.15, 0.2) is 0 Å². The lowest BCUT2D eigenvalue weighted by Gasteiger charge is -2.09. The number of carbonyl (C=O) groups is 1. The maximum atomic E-state index is 11.3. The Balaban J connectivity index is 2.29. The topological polar surface area (TPSA) is 101 Å². The van der Waals surface area contributed by atoms with E-state index in [1.54, 1.807) is 24.3 Å². The Labute approximate surface area is 138 Å². The van der Waals surface area contributed by atoms with Gasteiger partial charge in [-0.1, -0.05) is 29.8 Å². The van der Waals surface area contributed by atoms with E-state index in [1.807, 2.05) is 0 Å². The molecule has 0 atom stereocenters. The van der Waals surface area contributed by atoms with Crippen LogP contribution in [0, 0.1) is 0 Å². The highest BCUT2D eigenvalue weighted by Crippen LogP contribution is 2.24. The number of aromatic hydroxyl groups is 1. The molecule has 0 fully saturated rings. The number of rotatable bonds is 4. The van der Waals surface area contributed by atoms with Crippen molar-refractivity contribution in [2.45, 2.75) is 6.42 Å². The minimum atomic E-state index is -2.65. The minimum Gasteiger partial charge on any atom is -0.507 e. The second kappa shape index (κ2) is 7.17. The molecule has 0 bridgehead atoms. The van der Waals surface area contributed by atoms with Gasteiger partial charge in [-0.15, -0.1) is 0 Å². The van der Waals surface area contributed by atoms with Crippen LogP contribution in [-0.4, -0.2) is 29.7 Å². The first-order chi connectivity index (χ1) is 10.9. The first kappa shape index (κ1) is 16.9. The summed E-state index contributed by atoms with van der Waals surface area (Å²) in [5, 5.41) is 18.5. The first-order valence-electron chi connectivity index (χ1n) is 6.31. The molecule has 0 aromatic heterocycles. The van der Waals surface area contributed by atoms with Crippen molar-refractivity contribution in [2.75, 3.05) is 0 Å². The average Bonchev–Trinajstić information content (AvgIpc) is 2.48. The molecule has 6 nitrogen and oxygen atoms in total. The average molecular weight is 355 g/mol. The molecule has 0 aliphatic carbocycles. The van der Waals surface area contributed by atoms with Gasteiger partial charge in [0.2, 0.25) is 5.05 Å². The minimum absolute atomic E-state index is 0.00115. The monoisotopic (exact) mass is 354 g/mol. The van der Waals surface area contributed by atoms with Crippen LogP contribution in [0.3, 0.4) is 0 Å². The number of ether oxygens (including phenoxy) is 1. The van der Waals surface area contributed by atoms with E-state index in [4.69, 9.17) is 21.4 Å². The smallest absolute Gasteiger partial charge is 0.339 e. The Hall–Kier alpha value is -2.51. The van der Waals surface area contributed by atoms with E-state index >= 15 is 0 Å². The Morgan fingerprint density at radius 3 is 2.43 bits per heavy atom. The summed E-state index contributed by atoms with van der Waals surface area (Å²) >= 11 is 5.98. The van der Waals surface area contributed by atoms with Gasteiger partial charge in [0.05, 0.1) is 0 Å². The molecule has 0 spiro atoms. The summed E-state index contributed by atoms with van der Waals surface area (Å²) in [6.07, 6.45) is -0.0722. The zero-order valence-corrected chi connectivity index (χ0v) is 13.1. The van der Waals surface area contributed by atoms with E-state index in [0.29, 0.717) is 10.6 Å². The summed E-state index contributed by atoms with van der Waals surface area (Å²) in [4.78, 5) is 10.8. The number of phenols is 1. The summed E-state index contributed by atoms with van der Waals surface area (Å²) < 4.78 is 27.9. The lowest BCUT2D eigenvalue weighted by Crippen LogP contribution is -2.13. The number of aromatic carboxylic acids is 1. The number of halogens is 1. The molecule has 23 heavy (non-hydrogen) atoms. The zero-order chi connectivity index (χ0) is 17.0. The zero-order valence-electron chi connectivity index (χ0n) is 11.6. The molecule has 0 heterocycles. The van der Waals surface area contributed by atoms with Gasteiger partial charge in [0.1, 0.15) is 17.1 Å². The van der Waals surface area contributed by atoms with Crippen molar-refractivity contribution in [3.63, 3.8) is 0 Å². The van der Waals surface area contributed by atoms with E-state index in [9.17, 15) is 18.3 Å². The van der Waals surface area contributed by atoms with Crippen LogP contribution in [0.25, 0.3) is 0 Å². The van der Waals surface area contributed by atoms with Crippen LogP contribution >= 0.6 is 11.6 Å². The molecule has 0 unspecified atom stereocenters. The normalized spacial score (nSPS) is 10.1. The van der Waals surface area contributed by atoms with Gasteiger partial charge in [0.25, 0.3) is 10.3 Å². The molecule has 0 amide bonds. The molecule has 0 saturated heterocycles. The van der Waals surface area contributed by atoms with Crippen molar-refractivity contribution in [3.05, 3.63) is 58.6 Å². The van der Waals surface area contributed by atoms with Crippen molar-refractivity contribution in [1.82, 2.24) is 0 Å². The maximum Gasteiger partial charge on any atom is 0.339 e. The van der Waals surface area contributed by atoms with E-state index < -0.39 is 22.0 Å². The highest BCUT2D eigenvalue weighted by Gasteiger charge is 2.13. The fourth-order valence-electron chi connectivity index (χ4n) is 1.81. The molecule has 2 rings (SSSR count). The molecular weight excluding hydrogens is 344 g/mol. The van der Waals surface area contributed by atoms with Gasteiger partial charge in [-0.25, -0.2) is 4.79 Å². The Morgan fingerprint density at radius 2 is 1.87 bits per heavy atom. The van der Waals surface area contributed by atoms with E-state index in [1.165, 1.54) is 6.07 Å². The SMILES string of the molecule is O=C(O)c1ccc(OC(Cc2ccccc2Cl)=S(=O)=O)cc1O. The second-order valence-corrected chi connectivity index (χ2v) is 5.79. The quantitative estimate of drug-likeness (QED) is 0.817. The van der Waals surface area contributed by atoms with Crippen LogP contribution in [0.2, 0.25) is 5.02 Å². The summed E-state index contributed by atoms with van der Waals surface area (Å²) in [5.74, 6) is -1.83. The van der Waals surface area contributed by atoms with Crippen molar-refractivity contribution < 1.29 is 28.2 Å². The summed E-state index contributed by atoms with van der Waals surface area (Å²) in [6.45, 7) is 0. The lowest BCUT2D eigenvalue weighted by atomic mass is 10.1. The van der Waals surface area contributed by atoms with Crippen molar-refractivity contribution in [3.8, 4) is 11.5 Å². The highest BCUT2D eigenvalue weighted by atomic mass is 35.5. The van der Waals surface area contributed by atoms with Crippen LogP contribution < -0.4 is 4.74 Å². The standard InChI is InChI=1S/C15H11ClO6S/c16-12-4-2-1-3-9(12)7-14(23(20)21)22-10-5-6-11(15(18)19)13(17)8-10/h1-6,8,17H,7H2,(H,18,19). The molecule has 2 aromatic carbocycles. The molecule has 0 aliphatic heterocycles. The fourth-order valence-corrected chi connectivity index (χ4v) is 2.45. The highest BCUT2D eigenvalue weighted by molar-refractivity contribution is 7.72. The summed E-state index contributed by atoms with van der Waals surface area (Å²) in [6, 6.07) is 10.1. The van der Waals surface area contributed by atoms with Crippen LogP contribution in [-0.2, 0) is 16.7 Å². The van der Waals surface area contributed by atoms with Crippen LogP contribution in [0.1, 0.15) is 15.9 Å². The van der Waals surface area contributed by atoms with Gasteiger partial charge in [-0.2, -0.15) is 8.42 Å². The molecular formula is C15H11ClO6S. The first-order valence-corrected chi connectivity index (χ1v) is 7.76. The Bertz CT molecular complexity index is 881. The molecule has 0 aliphatic rings. The molecule has 2 N–H and O–H groups in total. The van der Waals surface area contributed by atoms with Crippen molar-refractivity contribution in [1.29, 1.82) is 0 Å². The Kier molecular flexibility index (Phi) is 5.25. The molecule has 8 heteroatoms. The van der Waals surface area contributed by atoms with Gasteiger partial charge in [-0.05, 0) is 23.8 Å². The van der Waals surface area contributed by atoms with Crippen LogP contribution in [0.4, 0.5) is 0 Å². The molecule has 0 saturated carbocycles. The molecule has 2 aromatic rings. The van der Waals surface area contributed by atoms with Gasteiger partial charge in [0, 0.05) is 17.5 Å². The number of carboxylic acids is 1. The summed E-state index contributed by atoms with van der Waals surface area (Å²) in [5.41, 5.74) is 0.244. The van der Waals surface area contributed by atoms with E-state index in [-0.39, 0.29) is 22.8 Å². The van der Waals surface area contributed by atoms with Crippen LogP contribution in [0.5, 0.6) is 11.5 Å². The largest absolute Gasteiger partial charge is 0.507 e. The maximum absolute atomic E-state index is 11.3. The van der Waals surface area contributed by atoms with Crippen molar-refractivity contribution in [2.24, 2.45) is 0 Å². The molecule has 0 radical (unpaired) electrons. The Morgan fingerprint density at radius 1 is 1.17 bits per heavy atom. The van der Waals surface area contributed by atoms with E-state index in [0.717, 1.165) is 12.1 Å². The third kappa shape index (κ3) is 4.24. The number of benzene rings is 2. The number of hydrogen-bond donors (Lipinski definition) is 2. The number of carboxylic acid groups (broad SMARTS) is 1. The third-order valence-corrected chi connectivity index (χ3v) is 3.88. The molecule has 120 valence electrons. The second-order valence-electron chi connectivity index (χ2n) is 4.46. The van der Waals surface area contributed by atoms with Crippen molar-refractivity contribution >= 4 is 32.9 Å². The van der Waals surface area contributed by atoms with E-state index in [2.05, 4.69) is 0 Å².